The van der Waals surface area contributed by atoms with Crippen LogP contribution in [0.5, 0.6) is 0 Å². The first-order valence-electron chi connectivity index (χ1n) is 5.74. The summed E-state index contributed by atoms with van der Waals surface area (Å²) in [6.45, 7) is 3.29. The minimum absolute atomic E-state index is 0.0370. The van der Waals surface area contributed by atoms with E-state index < -0.39 is 28.2 Å². The average Bonchev–Trinajstić information content (AvgIpc) is 2.26. The average molecular weight is 297 g/mol. The van der Waals surface area contributed by atoms with Gasteiger partial charge in [-0.1, -0.05) is 0 Å². The number of hydrogen-bond donors (Lipinski definition) is 1. The van der Waals surface area contributed by atoms with Gasteiger partial charge in [0.2, 0.25) is 0 Å². The first kappa shape index (κ1) is 17.6. The van der Waals surface area contributed by atoms with Gasteiger partial charge in [-0.05, 0) is 13.8 Å². The molecule has 0 aromatic rings. The van der Waals surface area contributed by atoms with Crippen LogP contribution in [0.2, 0.25) is 0 Å². The van der Waals surface area contributed by atoms with Crippen molar-refractivity contribution in [2.75, 3.05) is 26.1 Å². The maximum absolute atomic E-state index is 11.5. The van der Waals surface area contributed by atoms with Gasteiger partial charge >= 0.3 is 12.1 Å². The summed E-state index contributed by atoms with van der Waals surface area (Å²) in [5.41, 5.74) is 0. The van der Waals surface area contributed by atoms with E-state index in [9.17, 15) is 18.0 Å². The Labute approximate surface area is 112 Å². The number of hydrogen-bond acceptors (Lipinski definition) is 7. The smallest absolute Gasteiger partial charge is 0.407 e. The Morgan fingerprint density at radius 1 is 1.16 bits per heavy atom. The second kappa shape index (κ2) is 8.70. The summed E-state index contributed by atoms with van der Waals surface area (Å²) in [7, 11) is -3.59. The molecule has 0 saturated heterocycles. The molecule has 8 nitrogen and oxygen atoms in total. The number of carbonyl (C=O) groups excluding carboxylic acids is 2. The van der Waals surface area contributed by atoms with Gasteiger partial charge in [0, 0.05) is 6.42 Å². The van der Waals surface area contributed by atoms with E-state index in [-0.39, 0.29) is 26.2 Å². The van der Waals surface area contributed by atoms with Gasteiger partial charge in [-0.3, -0.25) is 4.18 Å². The molecule has 0 heterocycles. The van der Waals surface area contributed by atoms with Crippen LogP contribution in [0.25, 0.3) is 0 Å². The van der Waals surface area contributed by atoms with Crippen LogP contribution >= 0.6 is 0 Å². The van der Waals surface area contributed by atoms with E-state index in [0.717, 1.165) is 6.26 Å². The molecule has 0 aliphatic carbocycles. The fourth-order valence-corrected chi connectivity index (χ4v) is 1.52. The van der Waals surface area contributed by atoms with Gasteiger partial charge in [0.1, 0.15) is 6.04 Å². The first-order chi connectivity index (χ1) is 8.80. The van der Waals surface area contributed by atoms with Crippen LogP contribution in [-0.4, -0.2) is 52.6 Å². The summed E-state index contributed by atoms with van der Waals surface area (Å²) in [5, 5.41) is 2.28. The van der Waals surface area contributed by atoms with Crippen LogP contribution in [0, 0.1) is 0 Å². The van der Waals surface area contributed by atoms with Crippen LogP contribution in [0.1, 0.15) is 20.3 Å². The summed E-state index contributed by atoms with van der Waals surface area (Å²) >= 11 is 0. The lowest BCUT2D eigenvalue weighted by Crippen LogP contribution is -2.43. The second-order valence-corrected chi connectivity index (χ2v) is 5.13. The van der Waals surface area contributed by atoms with E-state index in [4.69, 9.17) is 4.74 Å². The van der Waals surface area contributed by atoms with E-state index >= 15 is 0 Å². The minimum Gasteiger partial charge on any atom is -0.464 e. The van der Waals surface area contributed by atoms with Crippen LogP contribution in [0.4, 0.5) is 4.79 Å². The van der Waals surface area contributed by atoms with E-state index in [1.54, 1.807) is 13.8 Å². The van der Waals surface area contributed by atoms with Gasteiger partial charge in [0.15, 0.2) is 0 Å². The molecule has 0 aromatic carbocycles. The summed E-state index contributed by atoms with van der Waals surface area (Å²) in [6.07, 6.45) is 0.0791. The first-order valence-corrected chi connectivity index (χ1v) is 7.56. The summed E-state index contributed by atoms with van der Waals surface area (Å²) < 4.78 is 35.4. The Bertz CT molecular complexity index is 393. The van der Waals surface area contributed by atoms with Crippen LogP contribution < -0.4 is 5.32 Å². The zero-order valence-corrected chi connectivity index (χ0v) is 12.0. The van der Waals surface area contributed by atoms with E-state index in [2.05, 4.69) is 14.2 Å². The highest BCUT2D eigenvalue weighted by atomic mass is 32.2. The predicted octanol–water partition coefficient (Wildman–Crippen LogP) is 0.0305. The normalized spacial score (nSPS) is 12.6. The fraction of sp³-hybridized carbons (Fsp3) is 0.800. The van der Waals surface area contributed by atoms with Crippen molar-refractivity contribution in [1.82, 2.24) is 5.32 Å². The molecule has 0 bridgehead atoms. The quantitative estimate of drug-likeness (QED) is 0.497. The molecule has 1 N–H and O–H groups in total. The third kappa shape index (κ3) is 9.25. The maximum atomic E-state index is 11.5. The monoisotopic (exact) mass is 297 g/mol. The molecular formula is C10H19NO7S. The van der Waals surface area contributed by atoms with Gasteiger partial charge in [-0.25, -0.2) is 9.59 Å². The maximum Gasteiger partial charge on any atom is 0.407 e. The number of alkyl carbamates (subject to hydrolysis) is 1. The third-order valence-corrected chi connectivity index (χ3v) is 2.44. The summed E-state index contributed by atoms with van der Waals surface area (Å²) in [6, 6.07) is -1.01. The zero-order chi connectivity index (χ0) is 14.9. The largest absolute Gasteiger partial charge is 0.464 e. The van der Waals surface area contributed by atoms with Gasteiger partial charge in [-0.2, -0.15) is 8.42 Å². The van der Waals surface area contributed by atoms with Crippen LogP contribution in [-0.2, 0) is 28.6 Å². The molecule has 0 rings (SSSR count). The van der Waals surface area contributed by atoms with Crippen LogP contribution in [0.15, 0.2) is 0 Å². The van der Waals surface area contributed by atoms with Gasteiger partial charge < -0.3 is 14.8 Å². The molecule has 0 unspecified atom stereocenters. The standard InChI is InChI=1S/C10H19NO7S/c1-4-16-9(12)8(11-10(13)17-5-2)6-7-18-19(3,14)15/h8H,4-7H2,1-3H3,(H,11,13)/t8-/m0/s1. The van der Waals surface area contributed by atoms with Gasteiger partial charge in [-0.15, -0.1) is 0 Å². The van der Waals surface area contributed by atoms with E-state index in [1.807, 2.05) is 0 Å². The zero-order valence-electron chi connectivity index (χ0n) is 11.2. The van der Waals surface area contributed by atoms with Crippen molar-refractivity contribution in [2.24, 2.45) is 0 Å². The number of rotatable bonds is 8. The molecule has 9 heteroatoms. The molecule has 0 saturated carbocycles. The summed E-state index contributed by atoms with van der Waals surface area (Å²) in [4.78, 5) is 22.8. The van der Waals surface area contributed by atoms with Gasteiger partial charge in [0.25, 0.3) is 10.1 Å². The lowest BCUT2D eigenvalue weighted by Gasteiger charge is -2.16. The molecule has 0 spiro atoms. The highest BCUT2D eigenvalue weighted by Crippen LogP contribution is 2.00. The third-order valence-electron chi connectivity index (χ3n) is 1.84. The molecule has 19 heavy (non-hydrogen) atoms. The van der Waals surface area contributed by atoms with Crippen molar-refractivity contribution in [1.29, 1.82) is 0 Å². The highest BCUT2D eigenvalue weighted by Gasteiger charge is 2.23. The summed E-state index contributed by atoms with van der Waals surface area (Å²) in [5.74, 6) is -0.673. The molecule has 0 aromatic heterocycles. The number of ether oxygens (including phenoxy) is 2. The Morgan fingerprint density at radius 3 is 2.21 bits per heavy atom. The second-order valence-electron chi connectivity index (χ2n) is 3.48. The molecule has 1 atom stereocenters. The van der Waals surface area contributed by atoms with E-state index in [0.29, 0.717) is 0 Å². The molecular weight excluding hydrogens is 278 g/mol. The molecule has 0 radical (unpaired) electrons. The van der Waals surface area contributed by atoms with Crippen molar-refractivity contribution in [2.45, 2.75) is 26.3 Å². The van der Waals surface area contributed by atoms with Crippen molar-refractivity contribution in [3.05, 3.63) is 0 Å². The molecule has 0 fully saturated rings. The van der Waals surface area contributed by atoms with Crippen molar-refractivity contribution in [3.8, 4) is 0 Å². The number of nitrogens with one attached hydrogen (secondary N) is 1. The molecule has 112 valence electrons. The lowest BCUT2D eigenvalue weighted by molar-refractivity contribution is -0.145. The number of amides is 1. The number of esters is 1. The Balaban J connectivity index is 4.41. The minimum atomic E-state index is -3.59. The molecule has 1 amide bonds. The van der Waals surface area contributed by atoms with Crippen molar-refractivity contribution < 1.29 is 31.7 Å². The van der Waals surface area contributed by atoms with Gasteiger partial charge in [0.05, 0.1) is 26.1 Å². The van der Waals surface area contributed by atoms with Crippen molar-refractivity contribution >= 4 is 22.2 Å². The molecule has 0 aliphatic rings. The lowest BCUT2D eigenvalue weighted by atomic mass is 10.2. The number of carbonyl (C=O) groups is 2. The topological polar surface area (TPSA) is 108 Å². The fourth-order valence-electron chi connectivity index (χ4n) is 1.12. The van der Waals surface area contributed by atoms with E-state index in [1.165, 1.54) is 0 Å². The Hall–Kier alpha value is -1.35. The molecule has 0 aliphatic heterocycles. The SMILES string of the molecule is CCOC(=O)N[C@@H](CCOS(C)(=O)=O)C(=O)OCC. The predicted molar refractivity (Wildman–Crippen MR) is 66.0 cm³/mol. The van der Waals surface area contributed by atoms with Crippen LogP contribution in [0.3, 0.4) is 0 Å². The Kier molecular flexibility index (Phi) is 8.08. The van der Waals surface area contributed by atoms with Crippen molar-refractivity contribution in [3.63, 3.8) is 0 Å². The highest BCUT2D eigenvalue weighted by molar-refractivity contribution is 7.85. The Morgan fingerprint density at radius 2 is 1.74 bits per heavy atom.